The first-order valence-corrected chi connectivity index (χ1v) is 8.22. The first-order valence-electron chi connectivity index (χ1n) is 6.24. The van der Waals surface area contributed by atoms with Crippen molar-refractivity contribution < 1.29 is 0 Å². The molecule has 3 aromatic heterocycles. The number of H-pyrrole nitrogens is 2. The molecular formula is C14H12Cl2N4S. The van der Waals surface area contributed by atoms with Crippen LogP contribution in [-0.4, -0.2) is 26.2 Å². The molecule has 0 fully saturated rings. The smallest absolute Gasteiger partial charge is 0.190 e. The quantitative estimate of drug-likeness (QED) is 0.422. The van der Waals surface area contributed by atoms with Crippen molar-refractivity contribution in [2.45, 2.75) is 11.1 Å². The molecule has 3 rings (SSSR count). The fourth-order valence-electron chi connectivity index (χ4n) is 2.25. The summed E-state index contributed by atoms with van der Waals surface area (Å²) in [4.78, 5) is 15.0. The van der Waals surface area contributed by atoms with E-state index in [2.05, 4.69) is 19.9 Å². The van der Waals surface area contributed by atoms with Gasteiger partial charge in [-0.3, -0.25) is 0 Å². The van der Waals surface area contributed by atoms with Crippen LogP contribution >= 0.6 is 35.0 Å². The largest absolute Gasteiger partial charge is 0.364 e. The van der Waals surface area contributed by atoms with E-state index in [1.165, 1.54) is 11.8 Å². The number of aromatic nitrogens is 4. The topological polar surface area (TPSA) is 57.4 Å². The summed E-state index contributed by atoms with van der Waals surface area (Å²) in [5, 5.41) is 1.30. The van der Waals surface area contributed by atoms with E-state index in [0.29, 0.717) is 21.0 Å². The van der Waals surface area contributed by atoms with Gasteiger partial charge in [0.25, 0.3) is 0 Å². The van der Waals surface area contributed by atoms with Gasteiger partial charge in [-0.2, -0.15) is 0 Å². The van der Waals surface area contributed by atoms with Crippen molar-refractivity contribution in [2.24, 2.45) is 0 Å². The third-order valence-electron chi connectivity index (χ3n) is 3.17. The Bertz CT molecular complexity index is 668. The maximum atomic E-state index is 6.37. The minimum atomic E-state index is -0.161. The molecular weight excluding hydrogens is 327 g/mol. The molecule has 3 heterocycles. The Labute approximate surface area is 136 Å². The Kier molecular flexibility index (Phi) is 4.24. The molecule has 0 saturated carbocycles. The van der Waals surface area contributed by atoms with Crippen LogP contribution in [0.15, 0.2) is 41.8 Å². The molecule has 0 aliphatic carbocycles. The Morgan fingerprint density at radius 2 is 1.52 bits per heavy atom. The summed E-state index contributed by atoms with van der Waals surface area (Å²) < 4.78 is 0. The standard InChI is InChI=1S/C14H12Cl2N4S/c1-21-14-19-12(15)11(13(16)20-14)10(8-4-2-6-17-8)9-5-3-7-18-9/h2-7,10,17-18H,1H3. The zero-order valence-electron chi connectivity index (χ0n) is 11.1. The van der Waals surface area contributed by atoms with Gasteiger partial charge in [-0.15, -0.1) is 0 Å². The SMILES string of the molecule is CSc1nc(Cl)c(C(c2ccc[nH]2)c2ccc[nH]2)c(Cl)n1. The van der Waals surface area contributed by atoms with E-state index in [-0.39, 0.29) is 5.92 Å². The molecule has 0 aliphatic heterocycles. The van der Waals surface area contributed by atoms with Crippen LogP contribution in [-0.2, 0) is 0 Å². The van der Waals surface area contributed by atoms with Crippen LogP contribution in [0, 0.1) is 0 Å². The highest BCUT2D eigenvalue weighted by Gasteiger charge is 2.26. The molecule has 0 spiro atoms. The lowest BCUT2D eigenvalue weighted by molar-refractivity contribution is 0.850. The Morgan fingerprint density at radius 3 is 1.90 bits per heavy atom. The van der Waals surface area contributed by atoms with E-state index in [4.69, 9.17) is 23.2 Å². The van der Waals surface area contributed by atoms with Crippen molar-refractivity contribution >= 4 is 35.0 Å². The van der Waals surface area contributed by atoms with Gasteiger partial charge in [0, 0.05) is 29.3 Å². The summed E-state index contributed by atoms with van der Waals surface area (Å²) in [5.41, 5.74) is 2.64. The van der Waals surface area contributed by atoms with E-state index < -0.39 is 0 Å². The zero-order chi connectivity index (χ0) is 14.8. The predicted molar refractivity (Wildman–Crippen MR) is 86.4 cm³/mol. The molecule has 0 bridgehead atoms. The van der Waals surface area contributed by atoms with E-state index in [9.17, 15) is 0 Å². The second-order valence-corrected chi connectivity index (χ2v) is 5.88. The second kappa shape index (κ2) is 6.13. The fourth-order valence-corrected chi connectivity index (χ4v) is 3.33. The molecule has 0 aromatic carbocycles. The monoisotopic (exact) mass is 338 g/mol. The van der Waals surface area contributed by atoms with E-state index in [0.717, 1.165) is 11.4 Å². The number of thioether (sulfide) groups is 1. The second-order valence-electron chi connectivity index (χ2n) is 4.39. The zero-order valence-corrected chi connectivity index (χ0v) is 13.4. The summed E-state index contributed by atoms with van der Waals surface area (Å²) in [6.07, 6.45) is 5.61. The van der Waals surface area contributed by atoms with Crippen LogP contribution in [0.25, 0.3) is 0 Å². The van der Waals surface area contributed by atoms with Crippen LogP contribution in [0.1, 0.15) is 22.9 Å². The van der Waals surface area contributed by atoms with Gasteiger partial charge in [-0.25, -0.2) is 9.97 Å². The van der Waals surface area contributed by atoms with Crippen molar-refractivity contribution in [2.75, 3.05) is 6.26 Å². The highest BCUT2D eigenvalue weighted by atomic mass is 35.5. The Hall–Kier alpha value is -1.43. The maximum Gasteiger partial charge on any atom is 0.190 e. The van der Waals surface area contributed by atoms with Gasteiger partial charge in [0.15, 0.2) is 5.16 Å². The molecule has 108 valence electrons. The number of hydrogen-bond donors (Lipinski definition) is 2. The molecule has 0 amide bonds. The fraction of sp³-hybridized carbons (Fsp3) is 0.143. The predicted octanol–water partition coefficient (Wildman–Crippen LogP) is 4.34. The minimum absolute atomic E-state index is 0.161. The highest BCUT2D eigenvalue weighted by Crippen LogP contribution is 2.38. The molecule has 0 atom stereocenters. The van der Waals surface area contributed by atoms with Crippen molar-refractivity contribution in [3.8, 4) is 0 Å². The summed E-state index contributed by atoms with van der Waals surface area (Å²) >= 11 is 14.1. The van der Waals surface area contributed by atoms with Crippen LogP contribution in [0.3, 0.4) is 0 Å². The Balaban J connectivity index is 2.18. The lowest BCUT2D eigenvalue weighted by Gasteiger charge is -2.17. The van der Waals surface area contributed by atoms with E-state index >= 15 is 0 Å². The van der Waals surface area contributed by atoms with Gasteiger partial charge in [0.2, 0.25) is 0 Å². The number of rotatable bonds is 4. The molecule has 0 aliphatic rings. The Morgan fingerprint density at radius 1 is 1.00 bits per heavy atom. The van der Waals surface area contributed by atoms with Crippen molar-refractivity contribution in [3.63, 3.8) is 0 Å². The van der Waals surface area contributed by atoms with E-state index in [1.54, 1.807) is 0 Å². The van der Waals surface area contributed by atoms with Gasteiger partial charge in [0.1, 0.15) is 10.3 Å². The van der Waals surface area contributed by atoms with Gasteiger partial charge in [-0.05, 0) is 30.5 Å². The van der Waals surface area contributed by atoms with Crippen LogP contribution < -0.4 is 0 Å². The average molecular weight is 339 g/mol. The van der Waals surface area contributed by atoms with Crippen LogP contribution in [0.4, 0.5) is 0 Å². The third-order valence-corrected chi connectivity index (χ3v) is 4.29. The molecule has 4 nitrogen and oxygen atoms in total. The van der Waals surface area contributed by atoms with Crippen LogP contribution in [0.2, 0.25) is 10.3 Å². The lowest BCUT2D eigenvalue weighted by atomic mass is 9.95. The molecule has 3 aromatic rings. The van der Waals surface area contributed by atoms with Gasteiger partial charge in [-0.1, -0.05) is 35.0 Å². The van der Waals surface area contributed by atoms with E-state index in [1.807, 2.05) is 42.9 Å². The summed E-state index contributed by atoms with van der Waals surface area (Å²) in [5.74, 6) is -0.161. The summed E-state index contributed by atoms with van der Waals surface area (Å²) in [7, 11) is 0. The molecule has 2 N–H and O–H groups in total. The first-order chi connectivity index (χ1) is 10.2. The number of nitrogens with zero attached hydrogens (tertiary/aromatic N) is 2. The molecule has 21 heavy (non-hydrogen) atoms. The first kappa shape index (κ1) is 14.5. The normalized spacial score (nSPS) is 11.2. The maximum absolute atomic E-state index is 6.37. The molecule has 0 unspecified atom stereocenters. The summed E-state index contributed by atoms with van der Waals surface area (Å²) in [6, 6.07) is 7.84. The molecule has 0 radical (unpaired) electrons. The van der Waals surface area contributed by atoms with Crippen LogP contribution in [0.5, 0.6) is 0 Å². The van der Waals surface area contributed by atoms with Gasteiger partial charge >= 0.3 is 0 Å². The number of nitrogens with one attached hydrogen (secondary N) is 2. The van der Waals surface area contributed by atoms with Gasteiger partial charge < -0.3 is 9.97 Å². The number of hydrogen-bond acceptors (Lipinski definition) is 3. The highest BCUT2D eigenvalue weighted by molar-refractivity contribution is 7.98. The average Bonchev–Trinajstić information content (AvgIpc) is 3.15. The summed E-state index contributed by atoms with van der Waals surface area (Å²) in [6.45, 7) is 0. The number of aromatic amines is 2. The van der Waals surface area contributed by atoms with Crippen molar-refractivity contribution in [1.29, 1.82) is 0 Å². The third kappa shape index (κ3) is 2.81. The van der Waals surface area contributed by atoms with Crippen molar-refractivity contribution in [1.82, 2.24) is 19.9 Å². The molecule has 7 heteroatoms. The minimum Gasteiger partial charge on any atom is -0.364 e. The van der Waals surface area contributed by atoms with Gasteiger partial charge in [0.05, 0.1) is 5.92 Å². The molecule has 0 saturated heterocycles. The van der Waals surface area contributed by atoms with Crippen molar-refractivity contribution in [3.05, 3.63) is 63.9 Å². The lowest BCUT2D eigenvalue weighted by Crippen LogP contribution is -2.08. The number of halogens is 2.